The molecule has 2 rings (SSSR count). The molecule has 0 spiro atoms. The molecule has 82 valence electrons. The lowest BCUT2D eigenvalue weighted by molar-refractivity contribution is 0.564. The molecule has 1 aliphatic carbocycles. The Morgan fingerprint density at radius 1 is 1.50 bits per heavy atom. The molecule has 2 aliphatic rings. The fourth-order valence-corrected chi connectivity index (χ4v) is 8.52. The van der Waals surface area contributed by atoms with Gasteiger partial charge in [-0.05, 0) is 6.42 Å². The van der Waals surface area contributed by atoms with Gasteiger partial charge in [0, 0.05) is 29.8 Å². The van der Waals surface area contributed by atoms with Crippen molar-refractivity contribution in [2.45, 2.75) is 31.0 Å². The quantitative estimate of drug-likeness (QED) is 0.550. The summed E-state index contributed by atoms with van der Waals surface area (Å²) < 4.78 is 11.8. The molecule has 1 saturated carbocycles. The molecule has 1 nitrogen and oxygen atoms in total. The van der Waals surface area contributed by atoms with Crippen LogP contribution in [0.15, 0.2) is 0 Å². The summed E-state index contributed by atoms with van der Waals surface area (Å²) in [7, 11) is -1.91. The molecule has 4 heteroatoms. The average Bonchev–Trinajstić information content (AvgIpc) is 2.44. The molecule has 1 saturated heterocycles. The maximum Gasteiger partial charge on any atom is 0.128 e. The van der Waals surface area contributed by atoms with E-state index in [2.05, 4.69) is 13.8 Å². The minimum Gasteiger partial charge on any atom is -0.324 e. The Hall–Kier alpha value is 0.810. The summed E-state index contributed by atoms with van der Waals surface area (Å²) in [4.78, 5) is 0. The van der Waals surface area contributed by atoms with E-state index in [0.717, 1.165) is 31.3 Å². The zero-order valence-electron chi connectivity index (χ0n) is 8.72. The normalized spacial score (nSPS) is 49.0. The number of rotatable bonds is 3. The monoisotopic (exact) mass is 254 g/mol. The molecule has 1 heterocycles. The van der Waals surface area contributed by atoms with E-state index in [1.807, 2.05) is 0 Å². The Kier molecular flexibility index (Phi) is 2.54. The van der Waals surface area contributed by atoms with Crippen molar-refractivity contribution in [2.75, 3.05) is 18.5 Å². The lowest BCUT2D eigenvalue weighted by Gasteiger charge is -2.19. The largest absolute Gasteiger partial charge is 0.324 e. The van der Waals surface area contributed by atoms with Crippen LogP contribution in [-0.4, -0.2) is 22.8 Å². The molecule has 3 unspecified atom stereocenters. The smallest absolute Gasteiger partial charge is 0.128 e. The summed E-state index contributed by atoms with van der Waals surface area (Å²) in [5.41, 5.74) is -0.0423. The molecule has 0 N–H and O–H groups in total. The van der Waals surface area contributed by atoms with Crippen LogP contribution in [0, 0.1) is 11.3 Å². The van der Waals surface area contributed by atoms with E-state index in [1.165, 1.54) is 0 Å². The molecule has 0 aromatic heterocycles. The third kappa shape index (κ3) is 1.39. The molecule has 0 aromatic carbocycles. The van der Waals surface area contributed by atoms with Gasteiger partial charge < -0.3 is 4.57 Å². The van der Waals surface area contributed by atoms with Crippen molar-refractivity contribution < 1.29 is 4.57 Å². The first-order chi connectivity index (χ1) is 6.36. The van der Waals surface area contributed by atoms with E-state index in [1.54, 1.807) is 0 Å². The zero-order chi connectivity index (χ0) is 10.6. The predicted molar refractivity (Wildman–Crippen MR) is 63.1 cm³/mol. The van der Waals surface area contributed by atoms with Crippen LogP contribution in [0.5, 0.6) is 0 Å². The lowest BCUT2D eigenvalue weighted by Crippen LogP contribution is -2.12. The first-order valence-electron chi connectivity index (χ1n) is 5.31. The second-order valence-corrected chi connectivity index (χ2v) is 9.70. The standard InChI is InChI=1S/C10H17Cl2OP/c1-3-4-5-14(13)6-8-9(2,7-14)10(8,11)12/h8H,3-7H2,1-2H3. The highest BCUT2D eigenvalue weighted by Gasteiger charge is 2.78. The third-order valence-corrected chi connectivity index (χ3v) is 8.72. The van der Waals surface area contributed by atoms with Crippen molar-refractivity contribution in [3.8, 4) is 0 Å². The highest BCUT2D eigenvalue weighted by Crippen LogP contribution is 2.81. The molecule has 2 fully saturated rings. The van der Waals surface area contributed by atoms with Gasteiger partial charge in [-0.1, -0.05) is 20.3 Å². The summed E-state index contributed by atoms with van der Waals surface area (Å²) in [6.07, 6.45) is 4.67. The second kappa shape index (κ2) is 3.15. The minimum atomic E-state index is -1.91. The Morgan fingerprint density at radius 2 is 2.14 bits per heavy atom. The van der Waals surface area contributed by atoms with Gasteiger partial charge in [0.2, 0.25) is 0 Å². The van der Waals surface area contributed by atoms with E-state index in [4.69, 9.17) is 23.2 Å². The first kappa shape index (κ1) is 11.3. The number of hydrogen-bond acceptors (Lipinski definition) is 1. The summed E-state index contributed by atoms with van der Waals surface area (Å²) in [5.74, 6) is 0.293. The van der Waals surface area contributed by atoms with Gasteiger partial charge in [0.1, 0.15) is 4.33 Å². The molecule has 0 radical (unpaired) electrons. The van der Waals surface area contributed by atoms with Crippen molar-refractivity contribution in [1.82, 2.24) is 0 Å². The SMILES string of the molecule is CCCCP1(=O)CC2C(Cl)(Cl)C2(C)C1. The summed E-state index contributed by atoms with van der Waals surface area (Å²) in [6.45, 7) is 4.22. The summed E-state index contributed by atoms with van der Waals surface area (Å²) in [5, 5.41) is 0. The third-order valence-electron chi connectivity index (χ3n) is 3.94. The van der Waals surface area contributed by atoms with E-state index in [0.29, 0.717) is 5.92 Å². The first-order valence-corrected chi connectivity index (χ1v) is 8.32. The Labute approximate surface area is 95.9 Å². The number of alkyl halides is 2. The fraction of sp³-hybridized carbons (Fsp3) is 1.00. The van der Waals surface area contributed by atoms with Crippen LogP contribution < -0.4 is 0 Å². The van der Waals surface area contributed by atoms with Crippen molar-refractivity contribution in [3.63, 3.8) is 0 Å². The topological polar surface area (TPSA) is 17.1 Å². The summed E-state index contributed by atoms with van der Waals surface area (Å²) >= 11 is 12.3. The van der Waals surface area contributed by atoms with Crippen molar-refractivity contribution in [2.24, 2.45) is 11.3 Å². The van der Waals surface area contributed by atoms with Crippen molar-refractivity contribution >= 4 is 30.3 Å². The van der Waals surface area contributed by atoms with Crippen LogP contribution >= 0.6 is 30.3 Å². The maximum atomic E-state index is 12.4. The van der Waals surface area contributed by atoms with E-state index in [9.17, 15) is 4.57 Å². The predicted octanol–water partition coefficient (Wildman–Crippen LogP) is 3.97. The van der Waals surface area contributed by atoms with Gasteiger partial charge >= 0.3 is 0 Å². The molecule has 0 amide bonds. The maximum absolute atomic E-state index is 12.4. The minimum absolute atomic E-state index is 0.0423. The van der Waals surface area contributed by atoms with Crippen LogP contribution in [0.25, 0.3) is 0 Å². The van der Waals surface area contributed by atoms with Crippen LogP contribution in [0.1, 0.15) is 26.7 Å². The molecule has 1 aliphatic heterocycles. The average molecular weight is 255 g/mol. The fourth-order valence-electron chi connectivity index (χ4n) is 2.82. The number of unbranched alkanes of at least 4 members (excludes halogenated alkanes) is 1. The van der Waals surface area contributed by atoms with E-state index in [-0.39, 0.29) is 5.41 Å². The number of hydrogen-bond donors (Lipinski definition) is 0. The van der Waals surface area contributed by atoms with Gasteiger partial charge in [0.15, 0.2) is 0 Å². The Morgan fingerprint density at radius 3 is 2.57 bits per heavy atom. The van der Waals surface area contributed by atoms with Crippen LogP contribution in [-0.2, 0) is 4.57 Å². The van der Waals surface area contributed by atoms with E-state index >= 15 is 0 Å². The van der Waals surface area contributed by atoms with Gasteiger partial charge in [-0.2, -0.15) is 0 Å². The second-order valence-electron chi connectivity index (χ2n) is 5.07. The molecular formula is C10H17Cl2OP. The van der Waals surface area contributed by atoms with Gasteiger partial charge in [0.25, 0.3) is 0 Å². The highest BCUT2D eigenvalue weighted by molar-refractivity contribution is 7.64. The zero-order valence-corrected chi connectivity index (χ0v) is 11.1. The molecular weight excluding hydrogens is 238 g/mol. The molecule has 0 bridgehead atoms. The lowest BCUT2D eigenvalue weighted by atomic mass is 10.1. The Bertz CT molecular complexity index is 302. The molecule has 14 heavy (non-hydrogen) atoms. The molecule has 0 aromatic rings. The molecule has 3 atom stereocenters. The number of halogens is 2. The van der Waals surface area contributed by atoms with Crippen LogP contribution in [0.4, 0.5) is 0 Å². The van der Waals surface area contributed by atoms with Gasteiger partial charge in [0.05, 0.1) is 7.14 Å². The van der Waals surface area contributed by atoms with Gasteiger partial charge in [-0.3, -0.25) is 0 Å². The van der Waals surface area contributed by atoms with Crippen LogP contribution in [0.3, 0.4) is 0 Å². The summed E-state index contributed by atoms with van der Waals surface area (Å²) in [6, 6.07) is 0. The highest BCUT2D eigenvalue weighted by atomic mass is 35.5. The van der Waals surface area contributed by atoms with Gasteiger partial charge in [-0.15, -0.1) is 23.2 Å². The Balaban J connectivity index is 2.03. The van der Waals surface area contributed by atoms with Crippen molar-refractivity contribution in [1.29, 1.82) is 0 Å². The number of fused-ring (bicyclic) bond motifs is 1. The van der Waals surface area contributed by atoms with Crippen molar-refractivity contribution in [3.05, 3.63) is 0 Å². The van der Waals surface area contributed by atoms with Crippen LogP contribution in [0.2, 0.25) is 0 Å². The van der Waals surface area contributed by atoms with Gasteiger partial charge in [-0.25, -0.2) is 0 Å². The van der Waals surface area contributed by atoms with E-state index < -0.39 is 11.5 Å².